The van der Waals surface area contributed by atoms with Gasteiger partial charge in [0.25, 0.3) is 0 Å². The van der Waals surface area contributed by atoms with E-state index in [4.69, 9.17) is 5.73 Å². The topological polar surface area (TPSA) is 67.6 Å². The van der Waals surface area contributed by atoms with E-state index in [1.807, 2.05) is 0 Å². The highest BCUT2D eigenvalue weighted by Crippen LogP contribution is 2.36. The van der Waals surface area contributed by atoms with Crippen LogP contribution in [0.15, 0.2) is 0 Å². The number of nitrogens with one attached hydrogen (secondary N) is 1. The van der Waals surface area contributed by atoms with Crippen LogP contribution in [0, 0.1) is 0 Å². The van der Waals surface area contributed by atoms with E-state index in [9.17, 15) is 0 Å². The van der Waals surface area contributed by atoms with E-state index in [0.717, 1.165) is 30.9 Å². The van der Waals surface area contributed by atoms with Crippen molar-refractivity contribution < 1.29 is 0 Å². The molecule has 3 N–H and O–H groups in total. The van der Waals surface area contributed by atoms with Crippen molar-refractivity contribution >= 4 is 0 Å². The molecule has 0 atom stereocenters. The summed E-state index contributed by atoms with van der Waals surface area (Å²) in [7, 11) is 0. The number of hydrogen-bond donors (Lipinski definition) is 2. The third-order valence-corrected chi connectivity index (χ3v) is 3.54. The third-order valence-electron chi connectivity index (χ3n) is 3.54. The second kappa shape index (κ2) is 4.31. The first-order valence-corrected chi connectivity index (χ1v) is 5.92. The summed E-state index contributed by atoms with van der Waals surface area (Å²) in [4.78, 5) is 4.55. The first-order chi connectivity index (χ1) is 7.30. The molecule has 4 nitrogen and oxygen atoms in total. The largest absolute Gasteiger partial charge is 0.329 e. The van der Waals surface area contributed by atoms with Gasteiger partial charge in [-0.15, -0.1) is 0 Å². The van der Waals surface area contributed by atoms with Crippen molar-refractivity contribution in [3.8, 4) is 0 Å². The monoisotopic (exact) mass is 208 g/mol. The number of hydrogen-bond acceptors (Lipinski definition) is 3. The van der Waals surface area contributed by atoms with Crippen molar-refractivity contribution in [2.24, 2.45) is 5.73 Å². The second-order valence-electron chi connectivity index (χ2n) is 4.50. The zero-order chi connectivity index (χ0) is 10.7. The van der Waals surface area contributed by atoms with E-state index in [1.54, 1.807) is 0 Å². The van der Waals surface area contributed by atoms with Crippen molar-refractivity contribution in [1.82, 2.24) is 15.2 Å². The fourth-order valence-electron chi connectivity index (χ4n) is 2.44. The van der Waals surface area contributed by atoms with E-state index >= 15 is 0 Å². The van der Waals surface area contributed by atoms with Gasteiger partial charge in [0.1, 0.15) is 5.82 Å². The molecule has 0 bridgehead atoms. The summed E-state index contributed by atoms with van der Waals surface area (Å²) in [6.07, 6.45) is 7.04. The molecule has 0 radical (unpaired) electrons. The smallest absolute Gasteiger partial charge is 0.158 e. The Morgan fingerprint density at radius 3 is 2.60 bits per heavy atom. The lowest BCUT2D eigenvalue weighted by Crippen LogP contribution is -2.38. The maximum absolute atomic E-state index is 5.93. The Hall–Kier alpha value is -0.900. The lowest BCUT2D eigenvalue weighted by Gasteiger charge is -2.33. The van der Waals surface area contributed by atoms with Crippen LogP contribution >= 0.6 is 0 Å². The minimum atomic E-state index is 0.0577. The molecule has 4 heteroatoms. The molecule has 1 fully saturated rings. The van der Waals surface area contributed by atoms with E-state index in [1.165, 1.54) is 19.3 Å². The maximum Gasteiger partial charge on any atom is 0.158 e. The summed E-state index contributed by atoms with van der Waals surface area (Å²) in [5.74, 6) is 1.92. The Labute approximate surface area is 90.7 Å². The van der Waals surface area contributed by atoms with Gasteiger partial charge >= 0.3 is 0 Å². The highest BCUT2D eigenvalue weighted by Gasteiger charge is 2.36. The molecule has 1 aromatic heterocycles. The van der Waals surface area contributed by atoms with Crippen LogP contribution < -0.4 is 5.73 Å². The summed E-state index contributed by atoms with van der Waals surface area (Å²) in [6.45, 7) is 2.76. The Balaban J connectivity index is 2.24. The molecule has 0 aliphatic heterocycles. The molecule has 84 valence electrons. The molecular formula is C11H20N4. The molecule has 0 amide bonds. The first kappa shape index (κ1) is 10.6. The molecule has 0 unspecified atom stereocenters. The predicted molar refractivity (Wildman–Crippen MR) is 59.6 cm³/mol. The zero-order valence-corrected chi connectivity index (χ0v) is 9.42. The molecule has 2 rings (SSSR count). The SMILES string of the molecule is CCc1nc(C2(CN)CCCCC2)n[nH]1. The van der Waals surface area contributed by atoms with Gasteiger partial charge < -0.3 is 5.73 Å². The molecule has 1 aromatic rings. The minimum absolute atomic E-state index is 0.0577. The van der Waals surface area contributed by atoms with Crippen molar-refractivity contribution in [1.29, 1.82) is 0 Å². The Kier molecular flexibility index (Phi) is 3.05. The summed E-state index contributed by atoms with van der Waals surface area (Å²) in [5, 5.41) is 7.33. The Morgan fingerprint density at radius 1 is 1.33 bits per heavy atom. The van der Waals surface area contributed by atoms with Gasteiger partial charge in [0.05, 0.1) is 0 Å². The van der Waals surface area contributed by atoms with Gasteiger partial charge in [-0.05, 0) is 12.8 Å². The van der Waals surface area contributed by atoms with Crippen molar-refractivity contribution in [3.05, 3.63) is 11.6 Å². The van der Waals surface area contributed by atoms with Crippen LogP contribution in [-0.4, -0.2) is 21.7 Å². The molecule has 0 aromatic carbocycles. The van der Waals surface area contributed by atoms with E-state index in [-0.39, 0.29) is 5.41 Å². The molecule has 1 aliphatic rings. The van der Waals surface area contributed by atoms with Crippen LogP contribution in [0.4, 0.5) is 0 Å². The summed E-state index contributed by atoms with van der Waals surface area (Å²) in [6, 6.07) is 0. The highest BCUT2D eigenvalue weighted by molar-refractivity contribution is 5.10. The molecule has 1 heterocycles. The Bertz CT molecular complexity index is 312. The van der Waals surface area contributed by atoms with Gasteiger partial charge in [0.15, 0.2) is 5.82 Å². The molecule has 1 aliphatic carbocycles. The van der Waals surface area contributed by atoms with Crippen LogP contribution in [-0.2, 0) is 11.8 Å². The normalized spacial score (nSPS) is 20.4. The van der Waals surface area contributed by atoms with Gasteiger partial charge in [-0.1, -0.05) is 26.2 Å². The van der Waals surface area contributed by atoms with Crippen molar-refractivity contribution in [2.45, 2.75) is 50.9 Å². The number of H-pyrrole nitrogens is 1. The van der Waals surface area contributed by atoms with Gasteiger partial charge in [-0.25, -0.2) is 4.98 Å². The van der Waals surface area contributed by atoms with Crippen LogP contribution in [0.5, 0.6) is 0 Å². The summed E-state index contributed by atoms with van der Waals surface area (Å²) >= 11 is 0. The van der Waals surface area contributed by atoms with Crippen LogP contribution in [0.2, 0.25) is 0 Å². The van der Waals surface area contributed by atoms with E-state index < -0.39 is 0 Å². The van der Waals surface area contributed by atoms with Crippen LogP contribution in [0.25, 0.3) is 0 Å². The quantitative estimate of drug-likeness (QED) is 0.791. The minimum Gasteiger partial charge on any atom is -0.329 e. The van der Waals surface area contributed by atoms with Crippen molar-refractivity contribution in [3.63, 3.8) is 0 Å². The van der Waals surface area contributed by atoms with Gasteiger partial charge in [0.2, 0.25) is 0 Å². The van der Waals surface area contributed by atoms with Gasteiger partial charge in [-0.3, -0.25) is 5.10 Å². The number of rotatable bonds is 3. The molecule has 15 heavy (non-hydrogen) atoms. The average Bonchev–Trinajstić information content (AvgIpc) is 2.79. The highest BCUT2D eigenvalue weighted by atomic mass is 15.2. The number of aromatic amines is 1. The molecule has 0 spiro atoms. The van der Waals surface area contributed by atoms with Gasteiger partial charge in [0, 0.05) is 18.4 Å². The van der Waals surface area contributed by atoms with E-state index in [2.05, 4.69) is 22.1 Å². The summed E-state index contributed by atoms with van der Waals surface area (Å²) in [5.41, 5.74) is 5.98. The Morgan fingerprint density at radius 2 is 2.07 bits per heavy atom. The number of aromatic nitrogens is 3. The summed E-state index contributed by atoms with van der Waals surface area (Å²) < 4.78 is 0. The number of nitrogens with zero attached hydrogens (tertiary/aromatic N) is 2. The lowest BCUT2D eigenvalue weighted by atomic mass is 9.73. The number of aryl methyl sites for hydroxylation is 1. The average molecular weight is 208 g/mol. The second-order valence-corrected chi connectivity index (χ2v) is 4.50. The van der Waals surface area contributed by atoms with E-state index in [0.29, 0.717) is 6.54 Å². The standard InChI is InChI=1S/C11H20N4/c1-2-9-13-10(15-14-9)11(8-12)6-4-3-5-7-11/h2-8,12H2,1H3,(H,13,14,15). The molecule has 0 saturated heterocycles. The fraction of sp³-hybridized carbons (Fsp3) is 0.818. The first-order valence-electron chi connectivity index (χ1n) is 5.92. The van der Waals surface area contributed by atoms with Gasteiger partial charge in [-0.2, -0.15) is 5.10 Å². The van der Waals surface area contributed by atoms with Crippen molar-refractivity contribution in [2.75, 3.05) is 6.54 Å². The zero-order valence-electron chi connectivity index (χ0n) is 9.42. The fourth-order valence-corrected chi connectivity index (χ4v) is 2.44. The number of nitrogens with two attached hydrogens (primary N) is 1. The van der Waals surface area contributed by atoms with Crippen LogP contribution in [0.3, 0.4) is 0 Å². The predicted octanol–water partition coefficient (Wildman–Crippen LogP) is 1.53. The third kappa shape index (κ3) is 1.91. The van der Waals surface area contributed by atoms with Crippen LogP contribution in [0.1, 0.15) is 50.7 Å². The molecule has 1 saturated carbocycles. The lowest BCUT2D eigenvalue weighted by molar-refractivity contribution is 0.286. The maximum atomic E-state index is 5.93. The molecular weight excluding hydrogens is 188 g/mol.